The maximum absolute atomic E-state index is 10.7. The molecule has 104 valence electrons. The van der Waals surface area contributed by atoms with Gasteiger partial charge in [0.25, 0.3) is 5.69 Å². The summed E-state index contributed by atoms with van der Waals surface area (Å²) in [4.78, 5) is 14.7. The highest BCUT2D eigenvalue weighted by atomic mass is 16.6. The molecule has 0 spiro atoms. The van der Waals surface area contributed by atoms with Gasteiger partial charge < -0.3 is 9.73 Å². The summed E-state index contributed by atoms with van der Waals surface area (Å²) in [5.74, 6) is 0.505. The third-order valence-electron chi connectivity index (χ3n) is 3.35. The molecular formula is C14H15N3O3. The van der Waals surface area contributed by atoms with Gasteiger partial charge in [0.1, 0.15) is 6.26 Å². The normalized spacial score (nSPS) is 14.4. The van der Waals surface area contributed by atoms with E-state index in [9.17, 15) is 10.1 Å². The molecule has 1 aromatic heterocycles. The van der Waals surface area contributed by atoms with E-state index in [0.717, 1.165) is 16.8 Å². The minimum atomic E-state index is -0.405. The largest absolute Gasteiger partial charge is 0.444 e. The molecule has 1 aliphatic rings. The number of nitrogens with zero attached hydrogens (tertiary/aromatic N) is 2. The van der Waals surface area contributed by atoms with Crippen molar-refractivity contribution in [2.24, 2.45) is 0 Å². The molecule has 0 radical (unpaired) electrons. The molecule has 20 heavy (non-hydrogen) atoms. The minimum Gasteiger partial charge on any atom is -0.444 e. The monoisotopic (exact) mass is 273 g/mol. The topological polar surface area (TPSA) is 81.2 Å². The summed E-state index contributed by atoms with van der Waals surface area (Å²) >= 11 is 0. The fourth-order valence-corrected chi connectivity index (χ4v) is 2.05. The van der Waals surface area contributed by atoms with Crippen LogP contribution in [0.4, 0.5) is 5.69 Å². The molecule has 0 aliphatic heterocycles. The van der Waals surface area contributed by atoms with Crippen molar-refractivity contribution in [3.8, 4) is 11.5 Å². The van der Waals surface area contributed by atoms with Crippen molar-refractivity contribution in [2.75, 3.05) is 0 Å². The zero-order valence-corrected chi connectivity index (χ0v) is 11.1. The average molecular weight is 273 g/mol. The number of aryl methyl sites for hydroxylation is 1. The molecule has 0 bridgehead atoms. The first-order chi connectivity index (χ1) is 9.63. The van der Waals surface area contributed by atoms with Crippen LogP contribution in [0.25, 0.3) is 11.5 Å². The van der Waals surface area contributed by atoms with Crippen LogP contribution in [0.5, 0.6) is 0 Å². The number of oxazole rings is 1. The Morgan fingerprint density at radius 1 is 1.50 bits per heavy atom. The smallest absolute Gasteiger partial charge is 0.269 e. The molecule has 1 aliphatic carbocycles. The van der Waals surface area contributed by atoms with Crippen LogP contribution in [-0.2, 0) is 6.54 Å². The molecule has 0 unspecified atom stereocenters. The lowest BCUT2D eigenvalue weighted by molar-refractivity contribution is -0.384. The second-order valence-corrected chi connectivity index (χ2v) is 5.06. The standard InChI is InChI=1S/C14H15N3O3/c1-9-6-12(17(18)19)4-5-13(9)14-16-11(8-20-14)7-15-10-2-3-10/h4-6,8,10,15H,2-3,7H2,1H3. The maximum atomic E-state index is 10.7. The molecule has 1 saturated carbocycles. The number of nitro benzene ring substituents is 1. The van der Waals surface area contributed by atoms with Gasteiger partial charge in [-0.25, -0.2) is 4.98 Å². The molecule has 1 aromatic carbocycles. The Bertz CT molecular complexity index is 647. The third kappa shape index (κ3) is 2.70. The molecule has 6 nitrogen and oxygen atoms in total. The van der Waals surface area contributed by atoms with Gasteiger partial charge in [-0.3, -0.25) is 10.1 Å². The Labute approximate surface area is 116 Å². The molecule has 1 fully saturated rings. The SMILES string of the molecule is Cc1cc([N+](=O)[O-])ccc1-c1nc(CNC2CC2)co1. The highest BCUT2D eigenvalue weighted by Gasteiger charge is 2.21. The van der Waals surface area contributed by atoms with Crippen LogP contribution in [0.15, 0.2) is 28.9 Å². The Hall–Kier alpha value is -2.21. The fraction of sp³-hybridized carbons (Fsp3) is 0.357. The summed E-state index contributed by atoms with van der Waals surface area (Å²) in [6.07, 6.45) is 4.09. The number of hydrogen-bond donors (Lipinski definition) is 1. The van der Waals surface area contributed by atoms with E-state index < -0.39 is 4.92 Å². The number of non-ortho nitro benzene ring substituents is 1. The number of hydrogen-bond acceptors (Lipinski definition) is 5. The Kier molecular flexibility index (Phi) is 3.23. The first-order valence-corrected chi connectivity index (χ1v) is 6.56. The van der Waals surface area contributed by atoms with Gasteiger partial charge in [0.2, 0.25) is 5.89 Å². The van der Waals surface area contributed by atoms with Crippen LogP contribution in [0.2, 0.25) is 0 Å². The van der Waals surface area contributed by atoms with Crippen LogP contribution in [-0.4, -0.2) is 15.9 Å². The second-order valence-electron chi connectivity index (χ2n) is 5.06. The van der Waals surface area contributed by atoms with E-state index in [1.54, 1.807) is 12.3 Å². The molecule has 6 heteroatoms. The van der Waals surface area contributed by atoms with Gasteiger partial charge in [-0.2, -0.15) is 0 Å². The summed E-state index contributed by atoms with van der Waals surface area (Å²) in [5.41, 5.74) is 2.49. The molecule has 0 amide bonds. The van der Waals surface area contributed by atoms with Gasteiger partial charge in [-0.1, -0.05) is 0 Å². The molecule has 3 rings (SSSR count). The van der Waals surface area contributed by atoms with Crippen molar-refractivity contribution >= 4 is 5.69 Å². The van der Waals surface area contributed by atoms with Crippen LogP contribution in [0.1, 0.15) is 24.1 Å². The first-order valence-electron chi connectivity index (χ1n) is 6.56. The fourth-order valence-electron chi connectivity index (χ4n) is 2.05. The molecule has 1 N–H and O–H groups in total. The maximum Gasteiger partial charge on any atom is 0.269 e. The van der Waals surface area contributed by atoms with Gasteiger partial charge in [-0.05, 0) is 31.4 Å². The van der Waals surface area contributed by atoms with Crippen molar-refractivity contribution in [2.45, 2.75) is 32.4 Å². The molecule has 0 atom stereocenters. The van der Waals surface area contributed by atoms with Gasteiger partial charge in [0, 0.05) is 30.3 Å². The summed E-state index contributed by atoms with van der Waals surface area (Å²) in [6, 6.07) is 5.30. The lowest BCUT2D eigenvalue weighted by atomic mass is 10.1. The third-order valence-corrected chi connectivity index (χ3v) is 3.35. The number of benzene rings is 1. The Balaban J connectivity index is 1.79. The van der Waals surface area contributed by atoms with Crippen molar-refractivity contribution in [1.82, 2.24) is 10.3 Å². The molecule has 1 heterocycles. The van der Waals surface area contributed by atoms with E-state index in [0.29, 0.717) is 18.5 Å². The summed E-state index contributed by atoms with van der Waals surface area (Å²) in [7, 11) is 0. The lowest BCUT2D eigenvalue weighted by Crippen LogP contribution is -2.15. The Morgan fingerprint density at radius 3 is 2.95 bits per heavy atom. The number of aromatic nitrogens is 1. The first kappa shape index (κ1) is 12.8. The van der Waals surface area contributed by atoms with Gasteiger partial charge in [-0.15, -0.1) is 0 Å². The van der Waals surface area contributed by atoms with Gasteiger partial charge >= 0.3 is 0 Å². The van der Waals surface area contributed by atoms with E-state index in [1.807, 2.05) is 6.92 Å². The van der Waals surface area contributed by atoms with E-state index in [1.165, 1.54) is 25.0 Å². The second kappa shape index (κ2) is 5.05. The zero-order chi connectivity index (χ0) is 14.1. The quantitative estimate of drug-likeness (QED) is 0.669. The van der Waals surface area contributed by atoms with Crippen LogP contribution < -0.4 is 5.32 Å². The molecule has 0 saturated heterocycles. The zero-order valence-electron chi connectivity index (χ0n) is 11.1. The highest BCUT2D eigenvalue weighted by molar-refractivity contribution is 5.61. The number of rotatable bonds is 5. The summed E-state index contributed by atoms with van der Waals surface area (Å²) in [5, 5.41) is 14.1. The predicted octanol–water partition coefficient (Wildman–Crippen LogP) is 2.81. The predicted molar refractivity (Wildman–Crippen MR) is 73.2 cm³/mol. The highest BCUT2D eigenvalue weighted by Crippen LogP contribution is 2.26. The average Bonchev–Trinajstić information content (AvgIpc) is 3.14. The van der Waals surface area contributed by atoms with Crippen molar-refractivity contribution < 1.29 is 9.34 Å². The van der Waals surface area contributed by atoms with Crippen molar-refractivity contribution in [1.29, 1.82) is 0 Å². The van der Waals surface area contributed by atoms with E-state index in [-0.39, 0.29) is 5.69 Å². The van der Waals surface area contributed by atoms with Crippen molar-refractivity contribution in [3.63, 3.8) is 0 Å². The van der Waals surface area contributed by atoms with E-state index >= 15 is 0 Å². The van der Waals surface area contributed by atoms with Crippen LogP contribution in [0, 0.1) is 17.0 Å². The Morgan fingerprint density at radius 2 is 2.30 bits per heavy atom. The van der Waals surface area contributed by atoms with Crippen molar-refractivity contribution in [3.05, 3.63) is 45.8 Å². The molecule has 2 aromatic rings. The van der Waals surface area contributed by atoms with E-state index in [2.05, 4.69) is 10.3 Å². The van der Waals surface area contributed by atoms with Crippen LogP contribution >= 0.6 is 0 Å². The number of nitro groups is 1. The van der Waals surface area contributed by atoms with Crippen LogP contribution in [0.3, 0.4) is 0 Å². The van der Waals surface area contributed by atoms with Gasteiger partial charge in [0.15, 0.2) is 0 Å². The van der Waals surface area contributed by atoms with E-state index in [4.69, 9.17) is 4.42 Å². The number of nitrogens with one attached hydrogen (secondary N) is 1. The lowest BCUT2D eigenvalue weighted by Gasteiger charge is -2.01. The summed E-state index contributed by atoms with van der Waals surface area (Å²) < 4.78 is 5.46. The molecular weight excluding hydrogens is 258 g/mol. The van der Waals surface area contributed by atoms with Gasteiger partial charge in [0.05, 0.1) is 10.6 Å². The summed E-state index contributed by atoms with van der Waals surface area (Å²) in [6.45, 7) is 2.51. The minimum absolute atomic E-state index is 0.0772.